The van der Waals surface area contributed by atoms with Crippen LogP contribution < -0.4 is 11.1 Å². The summed E-state index contributed by atoms with van der Waals surface area (Å²) in [6.07, 6.45) is 4.31. The Labute approximate surface area is 107 Å². The van der Waals surface area contributed by atoms with Gasteiger partial charge in [0.2, 0.25) is 5.91 Å². The quantitative estimate of drug-likeness (QED) is 0.577. The second kappa shape index (κ2) is 8.01. The zero-order chi connectivity index (χ0) is 12.5. The van der Waals surface area contributed by atoms with Gasteiger partial charge in [-0.1, -0.05) is 18.2 Å². The Kier molecular flexibility index (Phi) is 6.55. The number of anilines is 1. The first-order valence-electron chi connectivity index (χ1n) is 5.83. The number of hydrogen-bond donors (Lipinski definition) is 2. The Hall–Kier alpha value is -1.16. The molecule has 0 heterocycles. The molecule has 0 fully saturated rings. The van der Waals surface area contributed by atoms with Crippen molar-refractivity contribution in [3.8, 4) is 0 Å². The van der Waals surface area contributed by atoms with Crippen molar-refractivity contribution in [3.05, 3.63) is 29.8 Å². The van der Waals surface area contributed by atoms with E-state index < -0.39 is 0 Å². The zero-order valence-electron chi connectivity index (χ0n) is 10.2. The van der Waals surface area contributed by atoms with Crippen LogP contribution in [-0.4, -0.2) is 24.5 Å². The van der Waals surface area contributed by atoms with Crippen molar-refractivity contribution in [1.29, 1.82) is 0 Å². The summed E-state index contributed by atoms with van der Waals surface area (Å²) in [5, 5.41) is 2.91. The second-order valence-electron chi connectivity index (χ2n) is 3.90. The normalized spacial score (nSPS) is 10.2. The summed E-state index contributed by atoms with van der Waals surface area (Å²) in [5.74, 6) is 1.20. The summed E-state index contributed by atoms with van der Waals surface area (Å²) in [4.78, 5) is 11.5. The molecule has 4 heteroatoms. The van der Waals surface area contributed by atoms with E-state index >= 15 is 0 Å². The van der Waals surface area contributed by atoms with Crippen LogP contribution in [0.5, 0.6) is 0 Å². The van der Waals surface area contributed by atoms with Crippen LogP contribution in [-0.2, 0) is 11.2 Å². The molecule has 94 valence electrons. The number of hydrogen-bond acceptors (Lipinski definition) is 3. The third-order valence-corrected chi connectivity index (χ3v) is 3.22. The van der Waals surface area contributed by atoms with Crippen molar-refractivity contribution >= 4 is 23.4 Å². The minimum Gasteiger partial charge on any atom is -0.399 e. The predicted molar refractivity (Wildman–Crippen MR) is 75.2 cm³/mol. The smallest absolute Gasteiger partial charge is 0.220 e. The number of carbonyl (C=O) groups excluding carboxylic acids is 1. The summed E-state index contributed by atoms with van der Waals surface area (Å²) in [5.41, 5.74) is 7.63. The van der Waals surface area contributed by atoms with E-state index in [1.54, 1.807) is 11.8 Å². The molecule has 3 nitrogen and oxygen atoms in total. The fourth-order valence-electron chi connectivity index (χ4n) is 1.54. The lowest BCUT2D eigenvalue weighted by Gasteiger charge is -2.06. The summed E-state index contributed by atoms with van der Waals surface area (Å²) in [7, 11) is 0. The lowest BCUT2D eigenvalue weighted by Crippen LogP contribution is -2.25. The maximum Gasteiger partial charge on any atom is 0.220 e. The Balaban J connectivity index is 2.22. The topological polar surface area (TPSA) is 55.1 Å². The number of para-hydroxylation sites is 1. The van der Waals surface area contributed by atoms with Crippen molar-refractivity contribution in [1.82, 2.24) is 5.32 Å². The average Bonchev–Trinajstić information content (AvgIpc) is 2.34. The van der Waals surface area contributed by atoms with Gasteiger partial charge in [-0.2, -0.15) is 11.8 Å². The highest BCUT2D eigenvalue weighted by atomic mass is 32.2. The van der Waals surface area contributed by atoms with Crippen LogP contribution in [0.25, 0.3) is 0 Å². The van der Waals surface area contributed by atoms with E-state index in [1.165, 1.54) is 0 Å². The number of aryl methyl sites for hydroxylation is 1. The molecule has 0 saturated heterocycles. The van der Waals surface area contributed by atoms with Crippen molar-refractivity contribution < 1.29 is 4.79 Å². The molecule has 0 spiro atoms. The molecule has 0 aliphatic carbocycles. The van der Waals surface area contributed by atoms with Crippen molar-refractivity contribution in [3.63, 3.8) is 0 Å². The molecule has 0 atom stereocenters. The van der Waals surface area contributed by atoms with Crippen LogP contribution in [0.2, 0.25) is 0 Å². The monoisotopic (exact) mass is 252 g/mol. The largest absolute Gasteiger partial charge is 0.399 e. The first-order chi connectivity index (χ1) is 8.24. The molecule has 3 N–H and O–H groups in total. The van der Waals surface area contributed by atoms with E-state index in [1.807, 2.05) is 24.3 Å². The molecule has 0 bridgehead atoms. The predicted octanol–water partition coefficient (Wildman–Crippen LogP) is 2.07. The van der Waals surface area contributed by atoms with E-state index in [0.29, 0.717) is 12.8 Å². The molecule has 17 heavy (non-hydrogen) atoms. The molecule has 0 radical (unpaired) electrons. The molecule has 0 saturated carbocycles. The van der Waals surface area contributed by atoms with Crippen molar-refractivity contribution in [2.45, 2.75) is 19.3 Å². The van der Waals surface area contributed by atoms with Gasteiger partial charge in [-0.3, -0.25) is 4.79 Å². The maximum absolute atomic E-state index is 11.5. The molecular weight excluding hydrogens is 232 g/mol. The minimum absolute atomic E-state index is 0.106. The first kappa shape index (κ1) is 13.9. The molecule has 0 aliphatic heterocycles. The number of carbonyl (C=O) groups is 1. The highest BCUT2D eigenvalue weighted by molar-refractivity contribution is 7.98. The van der Waals surface area contributed by atoms with E-state index in [2.05, 4.69) is 11.6 Å². The standard InChI is InChI=1S/C13H20N2OS/c1-17-10-4-9-15-13(16)8-7-11-5-2-3-6-12(11)14/h2-3,5-6H,4,7-10,14H2,1H3,(H,15,16). The van der Waals surface area contributed by atoms with Gasteiger partial charge in [0.15, 0.2) is 0 Å². The van der Waals surface area contributed by atoms with Gasteiger partial charge in [0, 0.05) is 18.7 Å². The van der Waals surface area contributed by atoms with E-state index in [-0.39, 0.29) is 5.91 Å². The molecule has 1 amide bonds. The fourth-order valence-corrected chi connectivity index (χ4v) is 1.98. The van der Waals surface area contributed by atoms with Crippen LogP contribution in [0.1, 0.15) is 18.4 Å². The molecule has 1 rings (SSSR count). The van der Waals surface area contributed by atoms with Crippen LogP contribution in [0.15, 0.2) is 24.3 Å². The maximum atomic E-state index is 11.5. The van der Waals surface area contributed by atoms with Crippen molar-refractivity contribution in [2.75, 3.05) is 24.3 Å². The number of amides is 1. The summed E-state index contributed by atoms with van der Waals surface area (Å²) >= 11 is 1.80. The first-order valence-corrected chi connectivity index (χ1v) is 7.22. The highest BCUT2D eigenvalue weighted by Crippen LogP contribution is 2.12. The number of nitrogen functional groups attached to an aromatic ring is 1. The van der Waals surface area contributed by atoms with Crippen LogP contribution in [0.3, 0.4) is 0 Å². The number of thioether (sulfide) groups is 1. The SMILES string of the molecule is CSCCCNC(=O)CCc1ccccc1N. The Morgan fingerprint density at radius 2 is 2.18 bits per heavy atom. The number of nitrogens with two attached hydrogens (primary N) is 1. The fraction of sp³-hybridized carbons (Fsp3) is 0.462. The van der Waals surface area contributed by atoms with Gasteiger partial charge in [-0.15, -0.1) is 0 Å². The third-order valence-electron chi connectivity index (χ3n) is 2.52. The zero-order valence-corrected chi connectivity index (χ0v) is 11.1. The van der Waals surface area contributed by atoms with Crippen LogP contribution in [0.4, 0.5) is 5.69 Å². The highest BCUT2D eigenvalue weighted by Gasteiger charge is 2.03. The third kappa shape index (κ3) is 5.63. The summed E-state index contributed by atoms with van der Waals surface area (Å²) < 4.78 is 0. The number of nitrogens with one attached hydrogen (secondary N) is 1. The van der Waals surface area contributed by atoms with Gasteiger partial charge >= 0.3 is 0 Å². The summed E-state index contributed by atoms with van der Waals surface area (Å²) in [6, 6.07) is 7.69. The van der Waals surface area contributed by atoms with Crippen molar-refractivity contribution in [2.24, 2.45) is 0 Å². The Morgan fingerprint density at radius 1 is 1.41 bits per heavy atom. The van der Waals surface area contributed by atoms with E-state index in [9.17, 15) is 4.79 Å². The number of rotatable bonds is 7. The van der Waals surface area contributed by atoms with Crippen LogP contribution >= 0.6 is 11.8 Å². The molecule has 1 aromatic carbocycles. The van der Waals surface area contributed by atoms with Gasteiger partial charge in [-0.25, -0.2) is 0 Å². The Morgan fingerprint density at radius 3 is 2.88 bits per heavy atom. The molecule has 0 unspecified atom stereocenters. The lowest BCUT2D eigenvalue weighted by atomic mass is 10.1. The molecule has 1 aromatic rings. The molecule has 0 aliphatic rings. The van der Waals surface area contributed by atoms with E-state index in [0.717, 1.165) is 30.0 Å². The van der Waals surface area contributed by atoms with Gasteiger partial charge < -0.3 is 11.1 Å². The van der Waals surface area contributed by atoms with Gasteiger partial charge in [0.05, 0.1) is 0 Å². The van der Waals surface area contributed by atoms with Gasteiger partial charge in [-0.05, 0) is 36.5 Å². The van der Waals surface area contributed by atoms with Crippen LogP contribution in [0, 0.1) is 0 Å². The number of benzene rings is 1. The van der Waals surface area contributed by atoms with Gasteiger partial charge in [0.1, 0.15) is 0 Å². The lowest BCUT2D eigenvalue weighted by molar-refractivity contribution is -0.121. The van der Waals surface area contributed by atoms with Gasteiger partial charge in [0.25, 0.3) is 0 Å². The minimum atomic E-state index is 0.106. The Bertz CT molecular complexity index is 355. The second-order valence-corrected chi connectivity index (χ2v) is 4.88. The molecular formula is C13H20N2OS. The summed E-state index contributed by atoms with van der Waals surface area (Å²) in [6.45, 7) is 0.768. The molecule has 0 aromatic heterocycles. The van der Waals surface area contributed by atoms with E-state index in [4.69, 9.17) is 5.73 Å². The average molecular weight is 252 g/mol.